The van der Waals surface area contributed by atoms with E-state index in [1.54, 1.807) is 0 Å². The van der Waals surface area contributed by atoms with Gasteiger partial charge in [0.1, 0.15) is 5.41 Å². The van der Waals surface area contributed by atoms with Crippen molar-refractivity contribution in [3.8, 4) is 0 Å². The number of carbonyl (C=O) groups excluding carboxylic acids is 1. The van der Waals surface area contributed by atoms with E-state index in [0.29, 0.717) is 32.3 Å². The summed E-state index contributed by atoms with van der Waals surface area (Å²) in [4.78, 5) is 14.6. The van der Waals surface area contributed by atoms with Crippen LogP contribution < -0.4 is 0 Å². The maximum Gasteiger partial charge on any atom is 0.317 e. The fourth-order valence-corrected chi connectivity index (χ4v) is 3.90. The minimum Gasteiger partial charge on any atom is -0.468 e. The smallest absolute Gasteiger partial charge is 0.317 e. The van der Waals surface area contributed by atoms with Gasteiger partial charge in [0.25, 0.3) is 0 Å². The van der Waals surface area contributed by atoms with Gasteiger partial charge in [-0.3, -0.25) is 4.79 Å². The number of hydrogen-bond acceptors (Lipinski definition) is 5. The third-order valence-corrected chi connectivity index (χ3v) is 5.45. The van der Waals surface area contributed by atoms with Crippen LogP contribution in [0.4, 0.5) is 0 Å². The molecule has 5 heteroatoms. The molecular formula is C14H23NO4. The van der Waals surface area contributed by atoms with E-state index in [0.717, 1.165) is 25.9 Å². The van der Waals surface area contributed by atoms with Gasteiger partial charge in [-0.2, -0.15) is 0 Å². The SMILES string of the molecule is COC(=O)C1(C2(C3CCN(C)CC3)COC2)COC1. The molecule has 0 N–H and O–H groups in total. The highest BCUT2D eigenvalue weighted by molar-refractivity contribution is 5.79. The van der Waals surface area contributed by atoms with Crippen LogP contribution in [0.5, 0.6) is 0 Å². The normalized spacial score (nSPS) is 30.2. The maximum absolute atomic E-state index is 12.3. The highest BCUT2D eigenvalue weighted by Gasteiger charge is 2.68. The van der Waals surface area contributed by atoms with Gasteiger partial charge in [0.05, 0.1) is 33.5 Å². The number of nitrogens with zero attached hydrogens (tertiary/aromatic N) is 1. The molecule has 0 amide bonds. The highest BCUT2D eigenvalue weighted by atomic mass is 16.6. The molecule has 0 aliphatic carbocycles. The third-order valence-electron chi connectivity index (χ3n) is 5.45. The van der Waals surface area contributed by atoms with Gasteiger partial charge in [0, 0.05) is 5.41 Å². The van der Waals surface area contributed by atoms with Crippen molar-refractivity contribution in [3.63, 3.8) is 0 Å². The van der Waals surface area contributed by atoms with Crippen LogP contribution in [-0.4, -0.2) is 64.5 Å². The van der Waals surface area contributed by atoms with Crippen LogP contribution in [0.15, 0.2) is 0 Å². The number of carbonyl (C=O) groups is 1. The molecule has 0 aromatic heterocycles. The predicted molar refractivity (Wildman–Crippen MR) is 68.7 cm³/mol. The first-order valence-electron chi connectivity index (χ1n) is 7.07. The van der Waals surface area contributed by atoms with Crippen molar-refractivity contribution < 1.29 is 19.0 Å². The molecule has 108 valence electrons. The number of hydrogen-bond donors (Lipinski definition) is 0. The minimum atomic E-state index is -0.458. The molecule has 3 aliphatic heterocycles. The highest BCUT2D eigenvalue weighted by Crippen LogP contribution is 2.57. The van der Waals surface area contributed by atoms with Crippen LogP contribution in [0.2, 0.25) is 0 Å². The number of piperidine rings is 1. The molecule has 0 atom stereocenters. The number of ether oxygens (including phenoxy) is 3. The molecule has 0 bridgehead atoms. The number of rotatable bonds is 3. The second-order valence-electron chi connectivity index (χ2n) is 6.29. The average molecular weight is 269 g/mol. The second kappa shape index (κ2) is 4.72. The number of likely N-dealkylation sites (tertiary alicyclic amines) is 1. The van der Waals surface area contributed by atoms with Crippen molar-refractivity contribution in [3.05, 3.63) is 0 Å². The molecule has 0 aromatic carbocycles. The van der Waals surface area contributed by atoms with E-state index in [9.17, 15) is 4.79 Å². The average Bonchev–Trinajstić information content (AvgIpc) is 2.32. The molecule has 3 heterocycles. The lowest BCUT2D eigenvalue weighted by atomic mass is 9.53. The zero-order valence-electron chi connectivity index (χ0n) is 11.8. The summed E-state index contributed by atoms with van der Waals surface area (Å²) in [5.41, 5.74) is -0.514. The van der Waals surface area contributed by atoms with E-state index in [1.165, 1.54) is 7.11 Å². The molecule has 5 nitrogen and oxygen atoms in total. The molecule has 19 heavy (non-hydrogen) atoms. The lowest BCUT2D eigenvalue weighted by molar-refractivity contribution is -0.289. The Morgan fingerprint density at radius 3 is 2.11 bits per heavy atom. The molecule has 0 radical (unpaired) electrons. The van der Waals surface area contributed by atoms with Crippen LogP contribution in [-0.2, 0) is 19.0 Å². The number of esters is 1. The molecule has 3 rings (SSSR count). The minimum absolute atomic E-state index is 0.0559. The Morgan fingerprint density at radius 2 is 1.74 bits per heavy atom. The molecule has 3 aliphatic rings. The summed E-state index contributed by atoms with van der Waals surface area (Å²) < 4.78 is 16.0. The summed E-state index contributed by atoms with van der Waals surface area (Å²) in [6.45, 7) is 4.56. The lowest BCUT2D eigenvalue weighted by Gasteiger charge is -2.61. The summed E-state index contributed by atoms with van der Waals surface area (Å²) in [5.74, 6) is 0.432. The zero-order chi connectivity index (χ0) is 13.5. The Hall–Kier alpha value is -0.650. The Balaban J connectivity index is 1.84. The third kappa shape index (κ3) is 1.75. The van der Waals surface area contributed by atoms with Gasteiger partial charge in [-0.25, -0.2) is 0 Å². The first-order valence-corrected chi connectivity index (χ1v) is 7.07. The maximum atomic E-state index is 12.3. The van der Waals surface area contributed by atoms with Gasteiger partial charge in [0.15, 0.2) is 0 Å². The molecule has 0 saturated carbocycles. The Bertz CT molecular complexity index is 354. The van der Waals surface area contributed by atoms with Crippen molar-refractivity contribution in [2.75, 3.05) is 53.7 Å². The summed E-state index contributed by atoms with van der Waals surface area (Å²) in [6.07, 6.45) is 2.28. The fraction of sp³-hybridized carbons (Fsp3) is 0.929. The van der Waals surface area contributed by atoms with Crippen LogP contribution in [0.1, 0.15) is 12.8 Å². The van der Waals surface area contributed by atoms with E-state index in [2.05, 4.69) is 11.9 Å². The molecule has 0 unspecified atom stereocenters. The Kier molecular flexibility index (Phi) is 3.31. The largest absolute Gasteiger partial charge is 0.468 e. The quantitative estimate of drug-likeness (QED) is 0.700. The van der Waals surface area contributed by atoms with Crippen molar-refractivity contribution in [2.24, 2.45) is 16.7 Å². The van der Waals surface area contributed by atoms with E-state index in [1.807, 2.05) is 0 Å². The number of methoxy groups -OCH3 is 1. The lowest BCUT2D eigenvalue weighted by Crippen LogP contribution is -2.70. The predicted octanol–water partition coefficient (Wildman–Crippen LogP) is 0.534. The van der Waals surface area contributed by atoms with Gasteiger partial charge in [-0.1, -0.05) is 0 Å². The van der Waals surface area contributed by atoms with Crippen molar-refractivity contribution in [1.82, 2.24) is 4.90 Å². The summed E-state index contributed by atoms with van der Waals surface area (Å²) in [5, 5.41) is 0. The molecule has 3 saturated heterocycles. The molecule has 0 aromatic rings. The summed E-state index contributed by atoms with van der Waals surface area (Å²) in [7, 11) is 3.63. The second-order valence-corrected chi connectivity index (χ2v) is 6.29. The zero-order valence-corrected chi connectivity index (χ0v) is 11.8. The van der Waals surface area contributed by atoms with Crippen molar-refractivity contribution in [1.29, 1.82) is 0 Å². The molecule has 3 fully saturated rings. The Labute approximate surface area is 114 Å². The topological polar surface area (TPSA) is 48.0 Å². The van der Waals surface area contributed by atoms with E-state index in [-0.39, 0.29) is 11.4 Å². The van der Waals surface area contributed by atoms with Gasteiger partial charge in [-0.05, 0) is 38.9 Å². The van der Waals surface area contributed by atoms with Gasteiger partial charge in [-0.15, -0.1) is 0 Å². The van der Waals surface area contributed by atoms with Crippen LogP contribution in [0.3, 0.4) is 0 Å². The van der Waals surface area contributed by atoms with E-state index >= 15 is 0 Å². The first kappa shape index (κ1) is 13.3. The van der Waals surface area contributed by atoms with Crippen LogP contribution >= 0.6 is 0 Å². The van der Waals surface area contributed by atoms with Crippen LogP contribution in [0.25, 0.3) is 0 Å². The van der Waals surface area contributed by atoms with Gasteiger partial charge in [0.2, 0.25) is 0 Å². The van der Waals surface area contributed by atoms with Crippen LogP contribution in [0, 0.1) is 16.7 Å². The molecular weight excluding hydrogens is 246 g/mol. The van der Waals surface area contributed by atoms with E-state index in [4.69, 9.17) is 14.2 Å². The molecule has 0 spiro atoms. The Morgan fingerprint density at radius 1 is 1.16 bits per heavy atom. The van der Waals surface area contributed by atoms with Crippen molar-refractivity contribution in [2.45, 2.75) is 12.8 Å². The first-order chi connectivity index (χ1) is 9.14. The summed E-state index contributed by atoms with van der Waals surface area (Å²) >= 11 is 0. The van der Waals surface area contributed by atoms with E-state index < -0.39 is 5.41 Å². The fourth-order valence-electron chi connectivity index (χ4n) is 3.90. The van der Waals surface area contributed by atoms with Gasteiger partial charge < -0.3 is 19.1 Å². The summed E-state index contributed by atoms with van der Waals surface area (Å²) in [6, 6.07) is 0. The monoisotopic (exact) mass is 269 g/mol. The van der Waals surface area contributed by atoms with Gasteiger partial charge >= 0.3 is 5.97 Å². The van der Waals surface area contributed by atoms with Crippen molar-refractivity contribution >= 4 is 5.97 Å². The standard InChI is InChI=1S/C14H23NO4/c1-15-5-3-11(4-6-15)13(7-18-8-13)14(9-19-10-14)12(16)17-2/h11H,3-10H2,1-2H3.